The summed E-state index contributed by atoms with van der Waals surface area (Å²) in [4.78, 5) is 25.4. The minimum Gasteiger partial charge on any atom is -0.481 e. The summed E-state index contributed by atoms with van der Waals surface area (Å²) in [7, 11) is 0. The molecule has 1 amide bonds. The summed E-state index contributed by atoms with van der Waals surface area (Å²) in [5.41, 5.74) is -0.816. The number of rotatable bonds is 8. The third kappa shape index (κ3) is 4.49. The Kier molecular flexibility index (Phi) is 6.28. The number of likely N-dealkylation sites (tertiary alicyclic amines) is 1. The molecular weight excluding hydrogens is 244 g/mol. The summed E-state index contributed by atoms with van der Waals surface area (Å²) in [6, 6.07) is 0. The highest BCUT2D eigenvalue weighted by Gasteiger charge is 2.35. The summed E-state index contributed by atoms with van der Waals surface area (Å²) in [5, 5.41) is 12.1. The molecule has 0 spiro atoms. The van der Waals surface area contributed by atoms with E-state index in [9.17, 15) is 14.7 Å². The molecule has 0 aromatic rings. The van der Waals surface area contributed by atoms with Crippen LogP contribution in [0, 0.1) is 5.41 Å². The fourth-order valence-electron chi connectivity index (χ4n) is 2.50. The number of carboxylic acid groups (broad SMARTS) is 1. The SMILES string of the molecule is CCC(CC)(CNC(=O)CCN1CCCC1)C(=O)O. The zero-order valence-electron chi connectivity index (χ0n) is 12.1. The predicted molar refractivity (Wildman–Crippen MR) is 74.0 cm³/mol. The van der Waals surface area contributed by atoms with Crippen LogP contribution in [-0.2, 0) is 9.59 Å². The molecule has 1 aliphatic rings. The van der Waals surface area contributed by atoms with Gasteiger partial charge in [-0.3, -0.25) is 9.59 Å². The van der Waals surface area contributed by atoms with E-state index in [0.29, 0.717) is 19.3 Å². The molecule has 5 heteroatoms. The molecule has 0 unspecified atom stereocenters. The first-order chi connectivity index (χ1) is 9.04. The van der Waals surface area contributed by atoms with E-state index in [1.165, 1.54) is 12.8 Å². The van der Waals surface area contributed by atoms with Crippen molar-refractivity contribution in [3.05, 3.63) is 0 Å². The van der Waals surface area contributed by atoms with Gasteiger partial charge in [0.15, 0.2) is 0 Å². The Morgan fingerprint density at radius 2 is 1.79 bits per heavy atom. The molecule has 1 rings (SSSR count). The van der Waals surface area contributed by atoms with Gasteiger partial charge in [0.1, 0.15) is 0 Å². The number of aliphatic carboxylic acids is 1. The predicted octanol–water partition coefficient (Wildman–Crippen LogP) is 1.48. The summed E-state index contributed by atoms with van der Waals surface area (Å²) in [6.07, 6.45) is 3.96. The number of amides is 1. The Morgan fingerprint density at radius 1 is 1.21 bits per heavy atom. The van der Waals surface area contributed by atoms with Crippen molar-refractivity contribution in [2.75, 3.05) is 26.2 Å². The Hall–Kier alpha value is -1.10. The zero-order valence-corrected chi connectivity index (χ0v) is 12.1. The Labute approximate surface area is 115 Å². The maximum Gasteiger partial charge on any atom is 0.311 e. The lowest BCUT2D eigenvalue weighted by molar-refractivity contribution is -0.149. The highest BCUT2D eigenvalue weighted by atomic mass is 16.4. The van der Waals surface area contributed by atoms with Crippen molar-refractivity contribution in [3.63, 3.8) is 0 Å². The highest BCUT2D eigenvalue weighted by molar-refractivity contribution is 5.79. The van der Waals surface area contributed by atoms with E-state index in [1.54, 1.807) is 0 Å². The lowest BCUT2D eigenvalue weighted by Crippen LogP contribution is -2.43. The van der Waals surface area contributed by atoms with Crippen LogP contribution in [0.3, 0.4) is 0 Å². The van der Waals surface area contributed by atoms with Crippen LogP contribution in [0.4, 0.5) is 0 Å². The van der Waals surface area contributed by atoms with E-state index in [-0.39, 0.29) is 12.5 Å². The van der Waals surface area contributed by atoms with Gasteiger partial charge < -0.3 is 15.3 Å². The lowest BCUT2D eigenvalue weighted by Gasteiger charge is -2.27. The van der Waals surface area contributed by atoms with E-state index in [1.807, 2.05) is 13.8 Å². The molecule has 2 N–H and O–H groups in total. The average molecular weight is 270 g/mol. The average Bonchev–Trinajstić information content (AvgIpc) is 2.91. The summed E-state index contributed by atoms with van der Waals surface area (Å²) in [5.74, 6) is -0.864. The minimum atomic E-state index is -0.822. The van der Waals surface area contributed by atoms with Crippen LogP contribution in [-0.4, -0.2) is 48.1 Å². The molecule has 0 atom stereocenters. The van der Waals surface area contributed by atoms with Crippen LogP contribution in [0.25, 0.3) is 0 Å². The first-order valence-corrected chi connectivity index (χ1v) is 7.26. The molecular formula is C14H26N2O3. The second-order valence-electron chi connectivity index (χ2n) is 5.37. The number of carbonyl (C=O) groups excluding carboxylic acids is 1. The number of carboxylic acids is 1. The third-order valence-corrected chi connectivity index (χ3v) is 4.28. The van der Waals surface area contributed by atoms with E-state index < -0.39 is 11.4 Å². The van der Waals surface area contributed by atoms with Gasteiger partial charge in [0.25, 0.3) is 0 Å². The molecule has 0 aromatic heterocycles. The van der Waals surface area contributed by atoms with Crippen LogP contribution in [0.2, 0.25) is 0 Å². The lowest BCUT2D eigenvalue weighted by atomic mass is 9.82. The molecule has 1 fully saturated rings. The van der Waals surface area contributed by atoms with Gasteiger partial charge in [-0.25, -0.2) is 0 Å². The van der Waals surface area contributed by atoms with E-state index in [2.05, 4.69) is 10.2 Å². The van der Waals surface area contributed by atoms with E-state index >= 15 is 0 Å². The molecule has 5 nitrogen and oxygen atoms in total. The minimum absolute atomic E-state index is 0.0422. The van der Waals surface area contributed by atoms with Gasteiger partial charge in [0, 0.05) is 19.5 Å². The van der Waals surface area contributed by atoms with Crippen LogP contribution in [0.5, 0.6) is 0 Å². The van der Waals surface area contributed by atoms with Crippen LogP contribution in [0.15, 0.2) is 0 Å². The number of nitrogens with zero attached hydrogens (tertiary/aromatic N) is 1. The summed E-state index contributed by atoms with van der Waals surface area (Å²) < 4.78 is 0. The summed E-state index contributed by atoms with van der Waals surface area (Å²) in [6.45, 7) is 6.88. The van der Waals surface area contributed by atoms with Crippen molar-refractivity contribution in [3.8, 4) is 0 Å². The first-order valence-electron chi connectivity index (χ1n) is 7.26. The van der Waals surface area contributed by atoms with Gasteiger partial charge in [-0.05, 0) is 38.8 Å². The normalized spacial score (nSPS) is 16.5. The van der Waals surface area contributed by atoms with Crippen LogP contribution < -0.4 is 5.32 Å². The molecule has 0 radical (unpaired) electrons. The number of hydrogen-bond acceptors (Lipinski definition) is 3. The molecule has 0 saturated carbocycles. The highest BCUT2D eigenvalue weighted by Crippen LogP contribution is 2.25. The topological polar surface area (TPSA) is 69.6 Å². The largest absolute Gasteiger partial charge is 0.481 e. The molecule has 0 aromatic carbocycles. The fraction of sp³-hybridized carbons (Fsp3) is 0.857. The molecule has 0 aliphatic carbocycles. The van der Waals surface area contributed by atoms with Gasteiger partial charge in [0.05, 0.1) is 5.41 Å². The third-order valence-electron chi connectivity index (χ3n) is 4.28. The maximum atomic E-state index is 11.8. The van der Waals surface area contributed by atoms with E-state index in [4.69, 9.17) is 0 Å². The maximum absolute atomic E-state index is 11.8. The summed E-state index contributed by atoms with van der Waals surface area (Å²) >= 11 is 0. The Morgan fingerprint density at radius 3 is 2.26 bits per heavy atom. The Bertz CT molecular complexity index is 308. The first kappa shape index (κ1) is 16.0. The van der Waals surface area contributed by atoms with Gasteiger partial charge >= 0.3 is 5.97 Å². The van der Waals surface area contributed by atoms with Crippen molar-refractivity contribution in [2.24, 2.45) is 5.41 Å². The molecule has 1 saturated heterocycles. The zero-order chi connectivity index (χ0) is 14.3. The standard InChI is InChI=1S/C14H26N2O3/c1-3-14(4-2,13(18)19)11-15-12(17)7-10-16-8-5-6-9-16/h3-11H2,1-2H3,(H,15,17)(H,18,19). The van der Waals surface area contributed by atoms with Crippen molar-refractivity contribution >= 4 is 11.9 Å². The van der Waals surface area contributed by atoms with Crippen molar-refractivity contribution in [1.82, 2.24) is 10.2 Å². The second-order valence-corrected chi connectivity index (χ2v) is 5.37. The molecule has 110 valence electrons. The smallest absolute Gasteiger partial charge is 0.311 e. The number of hydrogen-bond donors (Lipinski definition) is 2. The number of carbonyl (C=O) groups is 2. The fourth-order valence-corrected chi connectivity index (χ4v) is 2.50. The van der Waals surface area contributed by atoms with Crippen molar-refractivity contribution in [1.29, 1.82) is 0 Å². The van der Waals surface area contributed by atoms with Gasteiger partial charge in [0.2, 0.25) is 5.91 Å². The molecule has 1 aliphatic heterocycles. The Balaban J connectivity index is 2.32. The molecule has 19 heavy (non-hydrogen) atoms. The van der Waals surface area contributed by atoms with Gasteiger partial charge in [-0.2, -0.15) is 0 Å². The van der Waals surface area contributed by atoms with Gasteiger partial charge in [-0.15, -0.1) is 0 Å². The molecule has 1 heterocycles. The van der Waals surface area contributed by atoms with Crippen molar-refractivity contribution < 1.29 is 14.7 Å². The monoisotopic (exact) mass is 270 g/mol. The van der Waals surface area contributed by atoms with Gasteiger partial charge in [-0.1, -0.05) is 13.8 Å². The molecule has 0 bridgehead atoms. The van der Waals surface area contributed by atoms with Crippen LogP contribution >= 0.6 is 0 Å². The van der Waals surface area contributed by atoms with Crippen LogP contribution in [0.1, 0.15) is 46.0 Å². The van der Waals surface area contributed by atoms with Crippen molar-refractivity contribution in [2.45, 2.75) is 46.0 Å². The second kappa shape index (κ2) is 7.48. The van der Waals surface area contributed by atoms with E-state index in [0.717, 1.165) is 19.6 Å². The quantitative estimate of drug-likeness (QED) is 0.701. The number of nitrogens with one attached hydrogen (secondary N) is 1.